The zero-order valence-electron chi connectivity index (χ0n) is 14.1. The Hall–Kier alpha value is -2.94. The minimum absolute atomic E-state index is 0.485. The van der Waals surface area contributed by atoms with E-state index in [9.17, 15) is 5.26 Å². The molecular weight excluding hydrogens is 420 g/mol. The topological polar surface area (TPSA) is 49.8 Å². The van der Waals surface area contributed by atoms with Crippen LogP contribution in [0.25, 0.3) is 34.2 Å². The lowest BCUT2D eigenvalue weighted by molar-refractivity contribution is 0.572. The van der Waals surface area contributed by atoms with Crippen LogP contribution in [0.3, 0.4) is 0 Å². The summed E-state index contributed by atoms with van der Waals surface area (Å²) < 4.78 is 6.91. The van der Waals surface area contributed by atoms with Gasteiger partial charge in [0.15, 0.2) is 0 Å². The number of aromatic nitrogens is 1. The van der Waals surface area contributed by atoms with E-state index in [-0.39, 0.29) is 0 Å². The number of rotatable bonds is 4. The largest absolute Gasteiger partial charge is 0.457 e. The minimum Gasteiger partial charge on any atom is -0.457 e. The predicted octanol–water partition coefficient (Wildman–Crippen LogP) is 6.90. The Labute approximate surface area is 169 Å². The summed E-state index contributed by atoms with van der Waals surface area (Å²) in [6.07, 6.45) is 1.73. The molecule has 5 heteroatoms. The van der Waals surface area contributed by atoms with Crippen LogP contribution in [-0.2, 0) is 0 Å². The number of hydrogen-bond donors (Lipinski definition) is 0. The molecule has 0 bridgehead atoms. The summed E-state index contributed by atoms with van der Waals surface area (Å²) >= 11 is 4.88. The molecule has 0 fully saturated rings. The van der Waals surface area contributed by atoms with Crippen molar-refractivity contribution in [2.75, 3.05) is 0 Å². The molecule has 4 rings (SSSR count). The van der Waals surface area contributed by atoms with Crippen LogP contribution in [0, 0.1) is 11.3 Å². The van der Waals surface area contributed by atoms with Crippen LogP contribution < -0.4 is 0 Å². The number of thiazole rings is 1. The molecule has 3 nitrogen and oxygen atoms in total. The highest BCUT2D eigenvalue weighted by Gasteiger charge is 2.11. The standard InChI is InChI=1S/C22H13BrN2OS/c23-18-8-6-16(7-9-18)21-11-10-19(26-21)12-17(13-24)22-25-20(14-27-22)15-4-2-1-3-5-15/h1-12,14H. The number of nitriles is 1. The maximum Gasteiger partial charge on any atom is 0.134 e. The van der Waals surface area contributed by atoms with Crippen LogP contribution >= 0.6 is 27.3 Å². The molecule has 0 atom stereocenters. The van der Waals surface area contributed by atoms with Gasteiger partial charge in [-0.2, -0.15) is 5.26 Å². The maximum absolute atomic E-state index is 9.58. The summed E-state index contributed by atoms with van der Waals surface area (Å²) in [5.74, 6) is 1.39. The van der Waals surface area contributed by atoms with Crippen molar-refractivity contribution in [3.63, 3.8) is 0 Å². The van der Waals surface area contributed by atoms with E-state index in [4.69, 9.17) is 4.42 Å². The molecule has 130 valence electrons. The number of halogens is 1. The van der Waals surface area contributed by atoms with Crippen molar-refractivity contribution in [3.05, 3.63) is 87.4 Å². The van der Waals surface area contributed by atoms with Crippen LogP contribution in [0.15, 0.2) is 81.0 Å². The van der Waals surface area contributed by atoms with Gasteiger partial charge in [-0.3, -0.25) is 0 Å². The van der Waals surface area contributed by atoms with Gasteiger partial charge in [0.1, 0.15) is 22.6 Å². The van der Waals surface area contributed by atoms with Crippen molar-refractivity contribution in [3.8, 4) is 28.7 Å². The number of benzene rings is 2. The number of nitrogens with zero attached hydrogens (tertiary/aromatic N) is 2. The maximum atomic E-state index is 9.58. The average Bonchev–Trinajstić information content (AvgIpc) is 3.37. The quantitative estimate of drug-likeness (QED) is 0.329. The molecule has 27 heavy (non-hydrogen) atoms. The molecular formula is C22H13BrN2OS. The number of furan rings is 1. The molecule has 0 N–H and O–H groups in total. The lowest BCUT2D eigenvalue weighted by Gasteiger charge is -1.97. The van der Waals surface area contributed by atoms with E-state index in [1.54, 1.807) is 6.08 Å². The second-order valence-electron chi connectivity index (χ2n) is 5.78. The second kappa shape index (κ2) is 7.75. The number of allylic oxidation sites excluding steroid dienone is 1. The van der Waals surface area contributed by atoms with Gasteiger partial charge in [-0.1, -0.05) is 58.4 Å². The molecule has 0 aliphatic rings. The van der Waals surface area contributed by atoms with Crippen molar-refractivity contribution in [2.45, 2.75) is 0 Å². The first-order valence-corrected chi connectivity index (χ1v) is 9.89. The van der Waals surface area contributed by atoms with Crippen LogP contribution in [0.1, 0.15) is 10.8 Å². The molecule has 2 aromatic carbocycles. The fraction of sp³-hybridized carbons (Fsp3) is 0. The Balaban J connectivity index is 1.62. The van der Waals surface area contributed by atoms with Gasteiger partial charge >= 0.3 is 0 Å². The normalized spacial score (nSPS) is 11.3. The third-order valence-corrected chi connectivity index (χ3v) is 5.37. The smallest absolute Gasteiger partial charge is 0.134 e. The minimum atomic E-state index is 0.485. The van der Waals surface area contributed by atoms with E-state index >= 15 is 0 Å². The van der Waals surface area contributed by atoms with Crippen molar-refractivity contribution in [1.29, 1.82) is 5.26 Å². The number of hydrogen-bond acceptors (Lipinski definition) is 4. The fourth-order valence-corrected chi connectivity index (χ4v) is 3.68. The van der Waals surface area contributed by atoms with E-state index in [2.05, 4.69) is 27.0 Å². The third-order valence-electron chi connectivity index (χ3n) is 3.97. The highest BCUT2D eigenvalue weighted by molar-refractivity contribution is 9.10. The van der Waals surface area contributed by atoms with Crippen molar-refractivity contribution in [1.82, 2.24) is 4.98 Å². The van der Waals surface area contributed by atoms with Gasteiger partial charge in [0.05, 0.1) is 11.3 Å². The van der Waals surface area contributed by atoms with Gasteiger partial charge < -0.3 is 4.42 Å². The summed E-state index contributed by atoms with van der Waals surface area (Å²) in [6, 6.07) is 23.8. The first-order chi connectivity index (χ1) is 13.2. The van der Waals surface area contributed by atoms with Gasteiger partial charge in [0.2, 0.25) is 0 Å². The van der Waals surface area contributed by atoms with Gasteiger partial charge in [0.25, 0.3) is 0 Å². The lowest BCUT2D eigenvalue weighted by atomic mass is 10.2. The zero-order valence-corrected chi connectivity index (χ0v) is 16.5. The highest BCUT2D eigenvalue weighted by atomic mass is 79.9. The van der Waals surface area contributed by atoms with Crippen LogP contribution in [0.4, 0.5) is 0 Å². The monoisotopic (exact) mass is 432 g/mol. The molecule has 0 saturated heterocycles. The van der Waals surface area contributed by atoms with Gasteiger partial charge in [-0.25, -0.2) is 4.98 Å². The first-order valence-electron chi connectivity index (χ1n) is 8.22. The van der Waals surface area contributed by atoms with Crippen molar-refractivity contribution in [2.24, 2.45) is 0 Å². The van der Waals surface area contributed by atoms with Crippen molar-refractivity contribution >= 4 is 38.9 Å². The molecule has 4 aromatic rings. The Morgan fingerprint density at radius 2 is 1.78 bits per heavy atom. The Morgan fingerprint density at radius 3 is 2.52 bits per heavy atom. The Morgan fingerprint density at radius 1 is 1.00 bits per heavy atom. The fourth-order valence-electron chi connectivity index (χ4n) is 2.62. The molecule has 0 aliphatic carbocycles. The molecule has 0 radical (unpaired) electrons. The Bertz CT molecular complexity index is 1140. The molecule has 0 aliphatic heterocycles. The molecule has 0 amide bonds. The second-order valence-corrected chi connectivity index (χ2v) is 7.56. The average molecular weight is 433 g/mol. The molecule has 0 saturated carbocycles. The SMILES string of the molecule is N#CC(=Cc1ccc(-c2ccc(Br)cc2)o1)c1nc(-c2ccccc2)cs1. The van der Waals surface area contributed by atoms with Crippen LogP contribution in [0.5, 0.6) is 0 Å². The van der Waals surface area contributed by atoms with E-state index in [1.807, 2.05) is 72.1 Å². The van der Waals surface area contributed by atoms with Gasteiger partial charge in [-0.15, -0.1) is 11.3 Å². The first kappa shape index (κ1) is 17.5. The lowest BCUT2D eigenvalue weighted by Crippen LogP contribution is -1.82. The zero-order chi connectivity index (χ0) is 18.6. The summed E-state index contributed by atoms with van der Waals surface area (Å²) in [4.78, 5) is 4.60. The van der Waals surface area contributed by atoms with Gasteiger partial charge in [0, 0.05) is 27.1 Å². The van der Waals surface area contributed by atoms with Crippen LogP contribution in [-0.4, -0.2) is 4.98 Å². The third kappa shape index (κ3) is 3.92. The van der Waals surface area contributed by atoms with E-state index in [1.165, 1.54) is 11.3 Å². The van der Waals surface area contributed by atoms with Crippen LogP contribution in [0.2, 0.25) is 0 Å². The molecule has 2 aromatic heterocycles. The Kier molecular flexibility index (Phi) is 5.01. The molecule has 0 spiro atoms. The summed E-state index contributed by atoms with van der Waals surface area (Å²) in [6.45, 7) is 0. The van der Waals surface area contributed by atoms with E-state index in [0.717, 1.165) is 27.1 Å². The molecule has 2 heterocycles. The van der Waals surface area contributed by atoms with Crippen molar-refractivity contribution < 1.29 is 4.42 Å². The summed E-state index contributed by atoms with van der Waals surface area (Å²) in [5, 5.41) is 12.2. The van der Waals surface area contributed by atoms with E-state index < -0.39 is 0 Å². The van der Waals surface area contributed by atoms with E-state index in [0.29, 0.717) is 16.3 Å². The molecule has 0 unspecified atom stereocenters. The summed E-state index contributed by atoms with van der Waals surface area (Å²) in [5.41, 5.74) is 3.37. The van der Waals surface area contributed by atoms with Gasteiger partial charge in [-0.05, 0) is 24.3 Å². The predicted molar refractivity (Wildman–Crippen MR) is 113 cm³/mol. The highest BCUT2D eigenvalue weighted by Crippen LogP contribution is 2.29. The summed E-state index contributed by atoms with van der Waals surface area (Å²) in [7, 11) is 0.